The van der Waals surface area contributed by atoms with E-state index in [1.54, 1.807) is 4.68 Å². The molecule has 4 rings (SSSR count). The highest BCUT2D eigenvalue weighted by Gasteiger charge is 2.27. The normalized spacial score (nSPS) is 16.6. The molecule has 1 aromatic heterocycles. The molecule has 0 aliphatic carbocycles. The molecule has 0 saturated carbocycles. The van der Waals surface area contributed by atoms with Gasteiger partial charge in [0.05, 0.1) is 11.4 Å². The molecule has 0 spiro atoms. The highest BCUT2D eigenvalue weighted by molar-refractivity contribution is 5.74. The molecule has 2 heterocycles. The third-order valence-electron chi connectivity index (χ3n) is 6.37. The number of benzene rings is 2. The maximum absolute atomic E-state index is 12.4. The Balaban J connectivity index is 1.23. The zero-order valence-electron chi connectivity index (χ0n) is 19.4. The van der Waals surface area contributed by atoms with E-state index in [9.17, 15) is 10.1 Å². The number of urea groups is 1. The molecule has 1 fully saturated rings. The van der Waals surface area contributed by atoms with Crippen molar-refractivity contribution in [1.29, 1.82) is 5.26 Å². The quantitative estimate of drug-likeness (QED) is 0.449. The number of nitrogen functional groups attached to an aromatic ring is 1. The summed E-state index contributed by atoms with van der Waals surface area (Å²) in [6, 6.07) is 22.4. The van der Waals surface area contributed by atoms with E-state index in [2.05, 4.69) is 57.9 Å². The van der Waals surface area contributed by atoms with E-state index in [1.165, 1.54) is 5.56 Å². The van der Waals surface area contributed by atoms with Crippen molar-refractivity contribution < 1.29 is 4.79 Å². The number of aromatic nitrogens is 2. The van der Waals surface area contributed by atoms with Crippen LogP contribution >= 0.6 is 0 Å². The maximum Gasteiger partial charge on any atom is 0.315 e. The Morgan fingerprint density at radius 1 is 1.21 bits per heavy atom. The highest BCUT2D eigenvalue weighted by atomic mass is 16.2. The summed E-state index contributed by atoms with van der Waals surface area (Å²) >= 11 is 0. The highest BCUT2D eigenvalue weighted by Crippen LogP contribution is 2.24. The first kappa shape index (κ1) is 23.3. The third-order valence-corrected chi connectivity index (χ3v) is 6.37. The van der Waals surface area contributed by atoms with Gasteiger partial charge in [-0.15, -0.1) is 0 Å². The average Bonchev–Trinajstić information content (AvgIpc) is 3.46. The number of anilines is 1. The van der Waals surface area contributed by atoms with Crippen molar-refractivity contribution in [2.75, 3.05) is 25.4 Å². The zero-order chi connectivity index (χ0) is 23.9. The van der Waals surface area contributed by atoms with E-state index in [-0.39, 0.29) is 12.1 Å². The Labute approximate surface area is 200 Å². The molecule has 1 aliphatic rings. The van der Waals surface area contributed by atoms with E-state index in [0.29, 0.717) is 42.5 Å². The predicted octanol–water partition coefficient (Wildman–Crippen LogP) is 3.39. The van der Waals surface area contributed by atoms with Crippen LogP contribution in [0.15, 0.2) is 60.7 Å². The average molecular weight is 458 g/mol. The summed E-state index contributed by atoms with van der Waals surface area (Å²) in [7, 11) is 0. The summed E-state index contributed by atoms with van der Waals surface area (Å²) in [5, 5.41) is 20.1. The smallest absolute Gasteiger partial charge is 0.315 e. The van der Waals surface area contributed by atoms with Crippen molar-refractivity contribution in [1.82, 2.24) is 25.3 Å². The zero-order valence-corrected chi connectivity index (χ0v) is 19.4. The fourth-order valence-corrected chi connectivity index (χ4v) is 4.43. The molecule has 3 aromatic rings. The fourth-order valence-electron chi connectivity index (χ4n) is 4.43. The number of hydrogen-bond donors (Lipinski definition) is 3. The number of nitrogens with zero attached hydrogens (tertiary/aromatic N) is 4. The lowest BCUT2D eigenvalue weighted by Gasteiger charge is -2.24. The summed E-state index contributed by atoms with van der Waals surface area (Å²) in [4.78, 5) is 14.8. The van der Waals surface area contributed by atoms with Gasteiger partial charge in [0.15, 0.2) is 0 Å². The Bertz CT molecular complexity index is 1140. The lowest BCUT2D eigenvalue weighted by molar-refractivity contribution is 0.232. The van der Waals surface area contributed by atoms with Crippen LogP contribution in [0.2, 0.25) is 0 Å². The Kier molecular flexibility index (Phi) is 7.45. The van der Waals surface area contributed by atoms with Crippen LogP contribution in [-0.4, -0.2) is 46.4 Å². The molecule has 4 N–H and O–H groups in total. The van der Waals surface area contributed by atoms with Crippen molar-refractivity contribution in [2.24, 2.45) is 0 Å². The number of carbonyl (C=O) groups is 1. The van der Waals surface area contributed by atoms with Gasteiger partial charge in [0, 0.05) is 31.7 Å². The molecule has 34 heavy (non-hydrogen) atoms. The second-order valence-electron chi connectivity index (χ2n) is 8.64. The van der Waals surface area contributed by atoms with Crippen LogP contribution in [0.1, 0.15) is 42.6 Å². The molecule has 2 unspecified atom stereocenters. The van der Waals surface area contributed by atoms with Gasteiger partial charge in [-0.05, 0) is 43.9 Å². The van der Waals surface area contributed by atoms with Crippen LogP contribution in [0, 0.1) is 11.3 Å². The SMILES string of the molecule is CC(c1ccccc1)N1CCC(NC(=O)NCCCc2nn(-c3ccccc3)c(N)c2C#N)C1. The predicted molar refractivity (Wildman–Crippen MR) is 132 cm³/mol. The molecule has 1 saturated heterocycles. The molecule has 2 amide bonds. The van der Waals surface area contributed by atoms with Gasteiger partial charge in [-0.1, -0.05) is 48.5 Å². The van der Waals surface area contributed by atoms with E-state index in [4.69, 9.17) is 5.73 Å². The number of nitriles is 1. The summed E-state index contributed by atoms with van der Waals surface area (Å²) < 4.78 is 1.59. The van der Waals surface area contributed by atoms with Gasteiger partial charge in [0.25, 0.3) is 0 Å². The van der Waals surface area contributed by atoms with Crippen LogP contribution < -0.4 is 16.4 Å². The lowest BCUT2D eigenvalue weighted by atomic mass is 10.1. The molecular formula is C26H31N7O. The molecule has 1 aliphatic heterocycles. The van der Waals surface area contributed by atoms with Crippen molar-refractivity contribution >= 4 is 11.8 Å². The number of amides is 2. The van der Waals surface area contributed by atoms with Crippen molar-refractivity contribution in [3.05, 3.63) is 77.5 Å². The fraction of sp³-hybridized carbons (Fsp3) is 0.346. The van der Waals surface area contributed by atoms with Gasteiger partial charge in [-0.25, -0.2) is 9.48 Å². The summed E-state index contributed by atoms with van der Waals surface area (Å²) in [6.07, 6.45) is 2.15. The largest absolute Gasteiger partial charge is 0.382 e. The number of nitrogens with two attached hydrogens (primary N) is 1. The topological polar surface area (TPSA) is 112 Å². The van der Waals surface area contributed by atoms with E-state index < -0.39 is 0 Å². The van der Waals surface area contributed by atoms with Gasteiger partial charge in [0.1, 0.15) is 17.5 Å². The number of nitrogens with one attached hydrogen (secondary N) is 2. The third kappa shape index (κ3) is 5.38. The summed E-state index contributed by atoms with van der Waals surface area (Å²) in [5.74, 6) is 0.338. The Morgan fingerprint density at radius 2 is 1.91 bits per heavy atom. The summed E-state index contributed by atoms with van der Waals surface area (Å²) in [6.45, 7) is 4.50. The number of hydrogen-bond acceptors (Lipinski definition) is 5. The van der Waals surface area contributed by atoms with Crippen molar-refractivity contribution in [3.63, 3.8) is 0 Å². The molecule has 0 radical (unpaired) electrons. The molecule has 2 atom stereocenters. The van der Waals surface area contributed by atoms with Crippen molar-refractivity contribution in [2.45, 2.75) is 38.3 Å². The molecule has 8 nitrogen and oxygen atoms in total. The number of carbonyl (C=O) groups excluding carboxylic acids is 1. The minimum absolute atomic E-state index is 0.137. The second kappa shape index (κ2) is 10.9. The van der Waals surface area contributed by atoms with Gasteiger partial charge in [-0.2, -0.15) is 10.4 Å². The Morgan fingerprint density at radius 3 is 2.62 bits per heavy atom. The van der Waals surface area contributed by atoms with Crippen LogP contribution in [0.3, 0.4) is 0 Å². The Hall–Kier alpha value is -3.83. The van der Waals surface area contributed by atoms with Crippen molar-refractivity contribution in [3.8, 4) is 11.8 Å². The monoisotopic (exact) mass is 457 g/mol. The first-order valence-corrected chi connectivity index (χ1v) is 11.7. The standard InChI is InChI=1S/C26H31N7O/c1-19(20-9-4-2-5-10-20)32-16-14-21(18-32)30-26(34)29-15-8-13-24-23(17-27)25(28)33(31-24)22-11-6-3-7-12-22/h2-7,9-12,19,21H,8,13-16,18,28H2,1H3,(H2,29,30,34). The molecule has 2 aromatic carbocycles. The number of aryl methyl sites for hydroxylation is 1. The molecule has 8 heteroatoms. The molecular weight excluding hydrogens is 426 g/mol. The van der Waals surface area contributed by atoms with Gasteiger partial charge in [-0.3, -0.25) is 4.90 Å². The minimum atomic E-state index is -0.158. The van der Waals surface area contributed by atoms with Gasteiger partial charge < -0.3 is 16.4 Å². The number of likely N-dealkylation sites (tertiary alicyclic amines) is 1. The summed E-state index contributed by atoms with van der Waals surface area (Å²) in [5.41, 5.74) is 9.30. The first-order valence-electron chi connectivity index (χ1n) is 11.7. The second-order valence-corrected chi connectivity index (χ2v) is 8.64. The van der Waals surface area contributed by atoms with Crippen LogP contribution in [0.25, 0.3) is 5.69 Å². The van der Waals surface area contributed by atoms with E-state index in [1.807, 2.05) is 36.4 Å². The first-order chi connectivity index (χ1) is 16.6. The van der Waals surface area contributed by atoms with Crippen LogP contribution in [0.5, 0.6) is 0 Å². The lowest BCUT2D eigenvalue weighted by Crippen LogP contribution is -2.43. The van der Waals surface area contributed by atoms with Gasteiger partial charge in [0.2, 0.25) is 0 Å². The van der Waals surface area contributed by atoms with E-state index >= 15 is 0 Å². The number of para-hydroxylation sites is 1. The minimum Gasteiger partial charge on any atom is -0.382 e. The van der Waals surface area contributed by atoms with E-state index in [0.717, 1.165) is 25.2 Å². The maximum atomic E-state index is 12.4. The molecule has 176 valence electrons. The number of rotatable bonds is 8. The van der Waals surface area contributed by atoms with Crippen LogP contribution in [0.4, 0.5) is 10.6 Å². The van der Waals surface area contributed by atoms with Crippen LogP contribution in [-0.2, 0) is 6.42 Å². The van der Waals surface area contributed by atoms with Gasteiger partial charge >= 0.3 is 6.03 Å². The molecule has 0 bridgehead atoms.